The molecule has 2 nitrogen and oxygen atoms in total. The molecule has 1 aromatic rings. The molecule has 102 valence electrons. The number of carbonyl (C=O) groups excluding carboxylic acids is 2. The lowest BCUT2D eigenvalue weighted by atomic mass is 10.0. The molecule has 0 aliphatic carbocycles. The first-order valence-corrected chi connectivity index (χ1v) is 6.29. The summed E-state index contributed by atoms with van der Waals surface area (Å²) in [5, 5.41) is -0.0484. The minimum atomic E-state index is -4.47. The Labute approximate surface area is 112 Å². The van der Waals surface area contributed by atoms with Gasteiger partial charge >= 0.3 is 6.18 Å². The van der Waals surface area contributed by atoms with E-state index in [4.69, 9.17) is 0 Å². The number of rotatable bonds is 4. The van der Waals surface area contributed by atoms with Gasteiger partial charge in [-0.05, 0) is 17.7 Å². The fourth-order valence-electron chi connectivity index (χ4n) is 1.35. The van der Waals surface area contributed by atoms with Gasteiger partial charge in [-0.2, -0.15) is 13.2 Å². The van der Waals surface area contributed by atoms with Crippen molar-refractivity contribution in [1.29, 1.82) is 0 Å². The third kappa shape index (κ3) is 4.90. The number of alkyl halides is 3. The first-order valence-electron chi connectivity index (χ1n) is 5.31. The van der Waals surface area contributed by atoms with Crippen LogP contribution in [0.3, 0.4) is 0 Å². The maximum atomic E-state index is 12.5. The minimum Gasteiger partial charge on any atom is -0.298 e. The first kappa shape index (κ1) is 15.5. The molecule has 0 fully saturated rings. The maximum absolute atomic E-state index is 12.5. The van der Waals surface area contributed by atoms with E-state index in [2.05, 4.69) is 0 Å². The Bertz CT molecular complexity index is 507. The highest BCUT2D eigenvalue weighted by molar-refractivity contribution is 8.13. The van der Waals surface area contributed by atoms with Gasteiger partial charge in [0.15, 0.2) is 11.4 Å². The Hall–Kier alpha value is -1.56. The van der Waals surface area contributed by atoms with Crippen LogP contribution in [0.15, 0.2) is 24.3 Å². The molecule has 0 amide bonds. The van der Waals surface area contributed by atoms with Gasteiger partial charge in [0.2, 0.25) is 0 Å². The summed E-state index contributed by atoms with van der Waals surface area (Å²) in [7, 11) is 0. The topological polar surface area (TPSA) is 34.1 Å². The molecule has 1 aromatic carbocycles. The van der Waals surface area contributed by atoms with Crippen LogP contribution < -0.4 is 0 Å². The first-order chi connectivity index (χ1) is 8.84. The SMILES string of the molecule is CC(=O)SCC=Cc1ccc(C(F)(F)F)cc1C=O. The number of aldehydes is 1. The van der Waals surface area contributed by atoms with Gasteiger partial charge < -0.3 is 0 Å². The van der Waals surface area contributed by atoms with Crippen LogP contribution in [0.4, 0.5) is 13.2 Å². The van der Waals surface area contributed by atoms with Crippen molar-refractivity contribution < 1.29 is 22.8 Å². The Morgan fingerprint density at radius 2 is 2.00 bits per heavy atom. The summed E-state index contributed by atoms with van der Waals surface area (Å²) in [6.07, 6.45) is -0.932. The van der Waals surface area contributed by atoms with Crippen LogP contribution in [0.2, 0.25) is 0 Å². The van der Waals surface area contributed by atoms with Gasteiger partial charge in [-0.15, -0.1) is 0 Å². The number of benzene rings is 1. The summed E-state index contributed by atoms with van der Waals surface area (Å²) in [5.41, 5.74) is -0.490. The van der Waals surface area contributed by atoms with Crippen molar-refractivity contribution in [1.82, 2.24) is 0 Å². The van der Waals surface area contributed by atoms with Gasteiger partial charge in [-0.1, -0.05) is 30.0 Å². The normalized spacial score (nSPS) is 11.8. The van der Waals surface area contributed by atoms with E-state index in [9.17, 15) is 22.8 Å². The van der Waals surface area contributed by atoms with Crippen molar-refractivity contribution >= 4 is 29.2 Å². The summed E-state index contributed by atoms with van der Waals surface area (Å²) in [6.45, 7) is 1.42. The molecule has 0 aromatic heterocycles. The zero-order chi connectivity index (χ0) is 14.5. The van der Waals surface area contributed by atoms with Crippen molar-refractivity contribution in [3.63, 3.8) is 0 Å². The number of halogens is 3. The number of hydrogen-bond donors (Lipinski definition) is 0. The Morgan fingerprint density at radius 1 is 1.32 bits per heavy atom. The molecule has 0 atom stereocenters. The average Bonchev–Trinajstić information content (AvgIpc) is 2.33. The second-order valence-corrected chi connectivity index (χ2v) is 4.86. The zero-order valence-electron chi connectivity index (χ0n) is 10.0. The van der Waals surface area contributed by atoms with Gasteiger partial charge in [-0.3, -0.25) is 9.59 Å². The second-order valence-electron chi connectivity index (χ2n) is 3.66. The summed E-state index contributed by atoms with van der Waals surface area (Å²) in [6, 6.07) is 2.97. The molecule has 0 unspecified atom stereocenters. The molecule has 0 aliphatic heterocycles. The van der Waals surface area contributed by atoms with Gasteiger partial charge in [0, 0.05) is 18.2 Å². The highest BCUT2D eigenvalue weighted by Crippen LogP contribution is 2.30. The van der Waals surface area contributed by atoms with E-state index in [-0.39, 0.29) is 10.7 Å². The lowest BCUT2D eigenvalue weighted by molar-refractivity contribution is -0.137. The smallest absolute Gasteiger partial charge is 0.298 e. The van der Waals surface area contributed by atoms with Crippen LogP contribution in [0.25, 0.3) is 6.08 Å². The molecule has 0 saturated heterocycles. The molecule has 0 aliphatic rings. The predicted octanol–water partition coefficient (Wildman–Crippen LogP) is 3.81. The molecule has 0 bridgehead atoms. The highest BCUT2D eigenvalue weighted by atomic mass is 32.2. The van der Waals surface area contributed by atoms with Crippen molar-refractivity contribution in [3.8, 4) is 0 Å². The fraction of sp³-hybridized carbons (Fsp3) is 0.231. The average molecular weight is 288 g/mol. The van der Waals surface area contributed by atoms with Crippen LogP contribution in [-0.2, 0) is 11.0 Å². The number of hydrogen-bond acceptors (Lipinski definition) is 3. The van der Waals surface area contributed by atoms with E-state index in [1.807, 2.05) is 0 Å². The van der Waals surface area contributed by atoms with Crippen LogP contribution in [0.5, 0.6) is 0 Å². The van der Waals surface area contributed by atoms with E-state index in [0.29, 0.717) is 17.6 Å². The molecular formula is C13H11F3O2S. The molecule has 0 saturated carbocycles. The van der Waals surface area contributed by atoms with Gasteiger partial charge in [0.1, 0.15) is 0 Å². The number of carbonyl (C=O) groups is 2. The van der Waals surface area contributed by atoms with Crippen molar-refractivity contribution in [2.45, 2.75) is 13.1 Å². The Kier molecular flexibility index (Phi) is 5.35. The van der Waals surface area contributed by atoms with Gasteiger partial charge in [0.25, 0.3) is 0 Å². The number of thioether (sulfide) groups is 1. The van der Waals surface area contributed by atoms with E-state index in [0.717, 1.165) is 23.9 Å². The lowest BCUT2D eigenvalue weighted by Gasteiger charge is -2.08. The molecule has 0 spiro atoms. The Morgan fingerprint density at radius 3 is 2.53 bits per heavy atom. The predicted molar refractivity (Wildman–Crippen MR) is 69.0 cm³/mol. The third-order valence-electron chi connectivity index (χ3n) is 2.22. The lowest BCUT2D eigenvalue weighted by Crippen LogP contribution is -2.05. The second kappa shape index (κ2) is 6.56. The molecular weight excluding hydrogens is 277 g/mol. The van der Waals surface area contributed by atoms with Crippen LogP contribution in [0.1, 0.15) is 28.4 Å². The van der Waals surface area contributed by atoms with Crippen molar-refractivity contribution in [2.24, 2.45) is 0 Å². The van der Waals surface area contributed by atoms with Crippen molar-refractivity contribution in [3.05, 3.63) is 41.0 Å². The summed E-state index contributed by atoms with van der Waals surface area (Å²) < 4.78 is 37.4. The molecule has 0 N–H and O–H groups in total. The minimum absolute atomic E-state index is 0.0288. The van der Waals surface area contributed by atoms with Gasteiger partial charge in [0.05, 0.1) is 5.56 Å². The largest absolute Gasteiger partial charge is 0.416 e. The van der Waals surface area contributed by atoms with Crippen molar-refractivity contribution in [2.75, 3.05) is 5.75 Å². The van der Waals surface area contributed by atoms with Crippen LogP contribution in [0, 0.1) is 0 Å². The molecule has 0 radical (unpaired) electrons. The Balaban J connectivity index is 2.91. The third-order valence-corrected chi connectivity index (χ3v) is 2.99. The van der Waals surface area contributed by atoms with E-state index in [1.54, 1.807) is 6.08 Å². The monoisotopic (exact) mass is 288 g/mol. The standard InChI is InChI=1S/C13H11F3O2S/c1-9(18)19-6-2-3-10-4-5-12(13(14,15)16)7-11(10)8-17/h2-5,7-8H,6H2,1H3. The van der Waals surface area contributed by atoms with E-state index >= 15 is 0 Å². The molecule has 0 heterocycles. The summed E-state index contributed by atoms with van der Waals surface area (Å²) in [5.74, 6) is 0.411. The van der Waals surface area contributed by atoms with E-state index < -0.39 is 11.7 Å². The maximum Gasteiger partial charge on any atom is 0.416 e. The van der Waals surface area contributed by atoms with Gasteiger partial charge in [-0.25, -0.2) is 0 Å². The zero-order valence-corrected chi connectivity index (χ0v) is 10.8. The van der Waals surface area contributed by atoms with E-state index in [1.165, 1.54) is 19.1 Å². The molecule has 6 heteroatoms. The quantitative estimate of drug-likeness (QED) is 0.790. The molecule has 19 heavy (non-hydrogen) atoms. The van der Waals surface area contributed by atoms with Crippen LogP contribution in [-0.4, -0.2) is 17.2 Å². The summed E-state index contributed by atoms with van der Waals surface area (Å²) >= 11 is 1.08. The van der Waals surface area contributed by atoms with Crippen LogP contribution >= 0.6 is 11.8 Å². The fourth-order valence-corrected chi connectivity index (χ4v) is 1.77. The highest BCUT2D eigenvalue weighted by Gasteiger charge is 2.30. The summed E-state index contributed by atoms with van der Waals surface area (Å²) in [4.78, 5) is 21.5. The molecule has 1 rings (SSSR count).